The molecule has 0 aliphatic heterocycles. The lowest BCUT2D eigenvalue weighted by molar-refractivity contribution is -0.146. The van der Waals surface area contributed by atoms with E-state index in [-0.39, 0.29) is 17.9 Å². The SMILES string of the molecule is COc1ccccc1C(=O)N(C)C1CC(C(=O)O)C1. The average molecular weight is 263 g/mol. The zero-order valence-corrected chi connectivity index (χ0v) is 11.0. The van der Waals surface area contributed by atoms with Gasteiger partial charge in [0.2, 0.25) is 0 Å². The molecule has 1 aromatic rings. The quantitative estimate of drug-likeness (QED) is 0.896. The predicted molar refractivity (Wildman–Crippen MR) is 69.2 cm³/mol. The molecule has 0 unspecified atom stereocenters. The second-order valence-corrected chi connectivity index (χ2v) is 4.78. The Bertz CT molecular complexity index is 494. The monoisotopic (exact) mass is 263 g/mol. The van der Waals surface area contributed by atoms with Crippen LogP contribution in [-0.4, -0.2) is 42.1 Å². The van der Waals surface area contributed by atoms with Gasteiger partial charge in [0.15, 0.2) is 0 Å². The molecule has 1 fully saturated rings. The summed E-state index contributed by atoms with van der Waals surface area (Å²) < 4.78 is 5.17. The fourth-order valence-corrected chi connectivity index (χ4v) is 2.28. The Labute approximate surface area is 111 Å². The summed E-state index contributed by atoms with van der Waals surface area (Å²) in [4.78, 5) is 24.7. The number of hydrogen-bond donors (Lipinski definition) is 1. The van der Waals surface area contributed by atoms with Gasteiger partial charge in [0.1, 0.15) is 5.75 Å². The van der Waals surface area contributed by atoms with E-state index in [4.69, 9.17) is 9.84 Å². The van der Waals surface area contributed by atoms with Crippen LogP contribution in [0, 0.1) is 5.92 Å². The van der Waals surface area contributed by atoms with Crippen molar-refractivity contribution in [3.05, 3.63) is 29.8 Å². The molecular formula is C14H17NO4. The molecule has 0 aromatic heterocycles. The normalized spacial score (nSPS) is 21.4. The lowest BCUT2D eigenvalue weighted by Crippen LogP contribution is -2.47. The van der Waals surface area contributed by atoms with Crippen molar-refractivity contribution in [3.63, 3.8) is 0 Å². The van der Waals surface area contributed by atoms with Crippen LogP contribution in [0.1, 0.15) is 23.2 Å². The molecule has 102 valence electrons. The van der Waals surface area contributed by atoms with E-state index in [1.165, 1.54) is 7.11 Å². The van der Waals surface area contributed by atoms with Gasteiger partial charge in [-0.05, 0) is 25.0 Å². The summed E-state index contributed by atoms with van der Waals surface area (Å²) in [5, 5.41) is 8.85. The van der Waals surface area contributed by atoms with Crippen LogP contribution in [0.25, 0.3) is 0 Å². The minimum Gasteiger partial charge on any atom is -0.496 e. The number of carboxylic acid groups (broad SMARTS) is 1. The van der Waals surface area contributed by atoms with Gasteiger partial charge in [-0.2, -0.15) is 0 Å². The van der Waals surface area contributed by atoms with Crippen molar-refractivity contribution in [1.29, 1.82) is 0 Å². The fraction of sp³-hybridized carbons (Fsp3) is 0.429. The third-order valence-electron chi connectivity index (χ3n) is 3.67. The summed E-state index contributed by atoms with van der Waals surface area (Å²) in [5.74, 6) is -0.702. The molecule has 0 spiro atoms. The minimum atomic E-state index is -0.783. The van der Waals surface area contributed by atoms with Crippen molar-refractivity contribution in [2.45, 2.75) is 18.9 Å². The molecule has 0 heterocycles. The minimum absolute atomic E-state index is 0.00138. The van der Waals surface area contributed by atoms with Crippen LogP contribution in [0.2, 0.25) is 0 Å². The molecule has 0 saturated heterocycles. The van der Waals surface area contributed by atoms with Gasteiger partial charge >= 0.3 is 5.97 Å². The first-order valence-corrected chi connectivity index (χ1v) is 6.17. The standard InChI is InChI=1S/C14H17NO4/c1-15(10-7-9(8-10)14(17)18)13(16)11-5-3-4-6-12(11)19-2/h3-6,9-10H,7-8H2,1-2H3,(H,17,18). The van der Waals surface area contributed by atoms with E-state index in [0.29, 0.717) is 24.2 Å². The van der Waals surface area contributed by atoms with Crippen LogP contribution in [0.5, 0.6) is 5.75 Å². The largest absolute Gasteiger partial charge is 0.496 e. The summed E-state index contributed by atoms with van der Waals surface area (Å²) in [5.41, 5.74) is 0.506. The van der Waals surface area contributed by atoms with Crippen molar-refractivity contribution < 1.29 is 19.4 Å². The van der Waals surface area contributed by atoms with Gasteiger partial charge in [-0.15, -0.1) is 0 Å². The predicted octanol–water partition coefficient (Wildman–Crippen LogP) is 1.63. The lowest BCUT2D eigenvalue weighted by Gasteiger charge is -2.39. The van der Waals surface area contributed by atoms with Gasteiger partial charge in [-0.25, -0.2) is 0 Å². The van der Waals surface area contributed by atoms with E-state index in [9.17, 15) is 9.59 Å². The number of aliphatic carboxylic acids is 1. The summed E-state index contributed by atoms with van der Waals surface area (Å²) in [7, 11) is 3.23. The maximum absolute atomic E-state index is 12.3. The van der Waals surface area contributed by atoms with E-state index in [1.54, 1.807) is 36.2 Å². The highest BCUT2D eigenvalue weighted by molar-refractivity contribution is 5.97. The number of methoxy groups -OCH3 is 1. The summed E-state index contributed by atoms with van der Waals surface area (Å²) in [6, 6.07) is 7.04. The molecule has 0 radical (unpaired) electrons. The summed E-state index contributed by atoms with van der Waals surface area (Å²) >= 11 is 0. The second-order valence-electron chi connectivity index (χ2n) is 4.78. The Morgan fingerprint density at radius 1 is 1.32 bits per heavy atom. The molecule has 0 bridgehead atoms. The highest BCUT2D eigenvalue weighted by atomic mass is 16.5. The van der Waals surface area contributed by atoms with Gasteiger partial charge in [0, 0.05) is 13.1 Å². The molecule has 0 atom stereocenters. The third kappa shape index (κ3) is 2.54. The molecule has 5 heteroatoms. The third-order valence-corrected chi connectivity index (χ3v) is 3.67. The molecule has 1 aliphatic carbocycles. The Hall–Kier alpha value is -2.04. The number of rotatable bonds is 4. The van der Waals surface area contributed by atoms with Crippen LogP contribution in [0.15, 0.2) is 24.3 Å². The maximum atomic E-state index is 12.3. The summed E-state index contributed by atoms with van der Waals surface area (Å²) in [6.07, 6.45) is 1.04. The molecular weight excluding hydrogens is 246 g/mol. The lowest BCUT2D eigenvalue weighted by atomic mass is 9.79. The van der Waals surface area contributed by atoms with Gasteiger partial charge < -0.3 is 14.7 Å². The summed E-state index contributed by atoms with van der Waals surface area (Å²) in [6.45, 7) is 0. The molecule has 19 heavy (non-hydrogen) atoms. The Kier molecular flexibility index (Phi) is 3.74. The average Bonchev–Trinajstić information content (AvgIpc) is 2.35. The highest BCUT2D eigenvalue weighted by Crippen LogP contribution is 2.32. The number of benzene rings is 1. The van der Waals surface area contributed by atoms with Crippen molar-refractivity contribution in [2.75, 3.05) is 14.2 Å². The zero-order chi connectivity index (χ0) is 14.0. The molecule has 1 aliphatic rings. The first-order chi connectivity index (χ1) is 9.04. The molecule has 1 N–H and O–H groups in total. The van der Waals surface area contributed by atoms with Gasteiger partial charge in [-0.1, -0.05) is 12.1 Å². The number of carbonyl (C=O) groups excluding carboxylic acids is 1. The number of amides is 1. The van der Waals surface area contributed by atoms with Gasteiger partial charge in [0.05, 0.1) is 18.6 Å². The number of carbonyl (C=O) groups is 2. The highest BCUT2D eigenvalue weighted by Gasteiger charge is 2.38. The zero-order valence-electron chi connectivity index (χ0n) is 11.0. The van der Waals surface area contributed by atoms with Crippen molar-refractivity contribution >= 4 is 11.9 Å². The number of ether oxygens (including phenoxy) is 1. The first-order valence-electron chi connectivity index (χ1n) is 6.17. The van der Waals surface area contributed by atoms with E-state index in [2.05, 4.69) is 0 Å². The Balaban J connectivity index is 2.06. The van der Waals surface area contributed by atoms with E-state index >= 15 is 0 Å². The molecule has 1 saturated carbocycles. The molecule has 1 aromatic carbocycles. The second kappa shape index (κ2) is 5.30. The van der Waals surface area contributed by atoms with E-state index in [1.807, 2.05) is 0 Å². The topological polar surface area (TPSA) is 66.8 Å². The fourth-order valence-electron chi connectivity index (χ4n) is 2.28. The molecule has 2 rings (SSSR count). The van der Waals surface area contributed by atoms with E-state index < -0.39 is 5.97 Å². The van der Waals surface area contributed by atoms with Crippen LogP contribution >= 0.6 is 0 Å². The smallest absolute Gasteiger partial charge is 0.306 e. The van der Waals surface area contributed by atoms with Crippen molar-refractivity contribution in [1.82, 2.24) is 4.90 Å². The number of hydrogen-bond acceptors (Lipinski definition) is 3. The Morgan fingerprint density at radius 3 is 2.53 bits per heavy atom. The van der Waals surface area contributed by atoms with Gasteiger partial charge in [0.25, 0.3) is 5.91 Å². The number of nitrogens with zero attached hydrogens (tertiary/aromatic N) is 1. The van der Waals surface area contributed by atoms with Gasteiger partial charge in [-0.3, -0.25) is 9.59 Å². The van der Waals surface area contributed by atoms with Crippen LogP contribution in [0.3, 0.4) is 0 Å². The van der Waals surface area contributed by atoms with Crippen molar-refractivity contribution in [2.24, 2.45) is 5.92 Å². The van der Waals surface area contributed by atoms with Crippen molar-refractivity contribution in [3.8, 4) is 5.75 Å². The maximum Gasteiger partial charge on any atom is 0.306 e. The van der Waals surface area contributed by atoms with Crippen LogP contribution in [-0.2, 0) is 4.79 Å². The molecule has 5 nitrogen and oxygen atoms in total. The number of carboxylic acids is 1. The Morgan fingerprint density at radius 2 is 1.95 bits per heavy atom. The molecule has 1 amide bonds. The number of para-hydroxylation sites is 1. The first kappa shape index (κ1) is 13.4. The van der Waals surface area contributed by atoms with E-state index in [0.717, 1.165) is 0 Å². The van der Waals surface area contributed by atoms with Crippen LogP contribution < -0.4 is 4.74 Å². The van der Waals surface area contributed by atoms with Crippen LogP contribution in [0.4, 0.5) is 0 Å².